The van der Waals surface area contributed by atoms with Crippen molar-refractivity contribution in [3.05, 3.63) is 75.8 Å². The maximum absolute atomic E-state index is 13.7. The molecule has 0 radical (unpaired) electrons. The summed E-state index contributed by atoms with van der Waals surface area (Å²) in [5.74, 6) is 0.442. The fourth-order valence-electron chi connectivity index (χ4n) is 4.98. The average Bonchev–Trinajstić information content (AvgIpc) is 3.32. The van der Waals surface area contributed by atoms with Crippen molar-refractivity contribution in [2.45, 2.75) is 38.1 Å². The Labute approximate surface area is 213 Å². The minimum atomic E-state index is -1.59. The van der Waals surface area contributed by atoms with Gasteiger partial charge in [0.25, 0.3) is 0 Å². The molecule has 0 amide bonds. The number of methoxy groups -OCH3 is 1. The number of benzene rings is 1. The summed E-state index contributed by atoms with van der Waals surface area (Å²) in [6.45, 7) is 3.64. The van der Waals surface area contributed by atoms with Gasteiger partial charge < -0.3 is 9.84 Å². The Bertz CT molecular complexity index is 1400. The number of halogens is 2. The largest absolute Gasteiger partial charge is 0.481 e. The monoisotopic (exact) mass is 510 g/mol. The van der Waals surface area contributed by atoms with Gasteiger partial charge in [0.2, 0.25) is 5.88 Å². The summed E-state index contributed by atoms with van der Waals surface area (Å²) in [4.78, 5) is 11.3. The second-order valence-electron chi connectivity index (χ2n) is 9.19. The Morgan fingerprint density at radius 2 is 2.03 bits per heavy atom. The van der Waals surface area contributed by atoms with E-state index in [1.807, 2.05) is 31.2 Å². The van der Waals surface area contributed by atoms with Crippen LogP contribution in [0.3, 0.4) is 0 Å². The molecule has 10 heteroatoms. The molecule has 1 aliphatic rings. The molecule has 1 unspecified atom stereocenters. The number of fused-ring (bicyclic) bond motifs is 1. The molecule has 1 fully saturated rings. The number of alkyl halides is 1. The first-order chi connectivity index (χ1) is 17.3. The number of rotatable bonds is 6. The fraction of sp³-hybridized carbons (Fsp3) is 0.385. The lowest BCUT2D eigenvalue weighted by Gasteiger charge is -2.31. The lowest BCUT2D eigenvalue weighted by atomic mass is 9.82. The number of likely N-dealkylation sites (tertiary alicyclic amines) is 1. The van der Waals surface area contributed by atoms with Crippen LogP contribution in [0.1, 0.15) is 40.9 Å². The third kappa shape index (κ3) is 4.21. The third-order valence-electron chi connectivity index (χ3n) is 6.97. The van der Waals surface area contributed by atoms with Crippen LogP contribution in [0.5, 0.6) is 5.88 Å². The zero-order chi connectivity index (χ0) is 25.4. The zero-order valence-electron chi connectivity index (χ0n) is 20.4. The van der Waals surface area contributed by atoms with Crippen LogP contribution in [0.4, 0.5) is 4.39 Å². The predicted molar refractivity (Wildman–Crippen MR) is 135 cm³/mol. The summed E-state index contributed by atoms with van der Waals surface area (Å²) in [5.41, 5.74) is 2.15. The van der Waals surface area contributed by atoms with E-state index < -0.39 is 11.8 Å². The Morgan fingerprint density at radius 3 is 2.69 bits per heavy atom. The molecule has 5 rings (SSSR count). The van der Waals surface area contributed by atoms with Crippen molar-refractivity contribution in [3.63, 3.8) is 0 Å². The van der Waals surface area contributed by atoms with Crippen LogP contribution in [-0.2, 0) is 19.2 Å². The first-order valence-electron chi connectivity index (χ1n) is 11.9. The molecule has 1 saturated heterocycles. The second kappa shape index (κ2) is 9.72. The molecule has 0 aliphatic carbocycles. The zero-order valence-corrected chi connectivity index (χ0v) is 21.2. The standard InChI is InChI=1S/C26H28ClFN6O2/c1-16-21(5-4-10-29-16)26(35,23-14-30-32-33(23)2)17-6-7-22-19(13-17)24(27)20(25(31-22)36-3)15-34-11-8-18(28)9-12-34/h4-7,10,13-14,18,35H,8-9,11-12,15H2,1-3H3. The van der Waals surface area contributed by atoms with Crippen LogP contribution < -0.4 is 4.74 Å². The number of aromatic nitrogens is 5. The highest BCUT2D eigenvalue weighted by Gasteiger charge is 2.39. The van der Waals surface area contributed by atoms with Gasteiger partial charge in [-0.3, -0.25) is 9.88 Å². The molecule has 1 atom stereocenters. The van der Waals surface area contributed by atoms with Gasteiger partial charge in [0.15, 0.2) is 5.60 Å². The topological polar surface area (TPSA) is 89.2 Å². The molecule has 0 bridgehead atoms. The van der Waals surface area contributed by atoms with Gasteiger partial charge in [0.05, 0.1) is 29.5 Å². The minimum absolute atomic E-state index is 0.442. The van der Waals surface area contributed by atoms with Gasteiger partial charge in [-0.25, -0.2) is 14.1 Å². The Kier molecular flexibility index (Phi) is 6.63. The number of hydrogen-bond acceptors (Lipinski definition) is 7. The quantitative estimate of drug-likeness (QED) is 0.420. The predicted octanol–water partition coefficient (Wildman–Crippen LogP) is 3.95. The van der Waals surface area contributed by atoms with E-state index >= 15 is 0 Å². The summed E-state index contributed by atoms with van der Waals surface area (Å²) < 4.78 is 20.8. The maximum Gasteiger partial charge on any atom is 0.219 e. The van der Waals surface area contributed by atoms with Crippen LogP contribution in [-0.4, -0.2) is 61.3 Å². The van der Waals surface area contributed by atoms with Crippen molar-refractivity contribution in [2.24, 2.45) is 7.05 Å². The van der Waals surface area contributed by atoms with Crippen molar-refractivity contribution < 1.29 is 14.2 Å². The molecule has 4 heterocycles. The molecule has 0 spiro atoms. The highest BCUT2D eigenvalue weighted by molar-refractivity contribution is 6.36. The third-order valence-corrected chi connectivity index (χ3v) is 7.40. The van der Waals surface area contributed by atoms with Gasteiger partial charge in [-0.1, -0.05) is 28.9 Å². The van der Waals surface area contributed by atoms with E-state index in [0.29, 0.717) is 76.8 Å². The van der Waals surface area contributed by atoms with E-state index in [1.54, 1.807) is 37.3 Å². The van der Waals surface area contributed by atoms with Crippen LogP contribution >= 0.6 is 11.6 Å². The number of ether oxygens (including phenoxy) is 1. The minimum Gasteiger partial charge on any atom is -0.481 e. The van der Waals surface area contributed by atoms with Crippen LogP contribution in [0.2, 0.25) is 5.02 Å². The normalized spacial score (nSPS) is 16.8. The Morgan fingerprint density at radius 1 is 1.25 bits per heavy atom. The molecular weight excluding hydrogens is 483 g/mol. The van der Waals surface area contributed by atoms with E-state index in [4.69, 9.17) is 21.3 Å². The van der Waals surface area contributed by atoms with Gasteiger partial charge >= 0.3 is 0 Å². The Hall–Kier alpha value is -3.14. The molecule has 36 heavy (non-hydrogen) atoms. The van der Waals surface area contributed by atoms with E-state index in [0.717, 1.165) is 5.56 Å². The van der Waals surface area contributed by atoms with Gasteiger partial charge in [-0.05, 0) is 43.5 Å². The lowest BCUT2D eigenvalue weighted by Crippen LogP contribution is -2.34. The highest BCUT2D eigenvalue weighted by Crippen LogP contribution is 2.41. The van der Waals surface area contributed by atoms with Gasteiger partial charge in [-0.15, -0.1) is 5.10 Å². The maximum atomic E-state index is 13.7. The van der Waals surface area contributed by atoms with E-state index in [-0.39, 0.29) is 0 Å². The molecule has 188 valence electrons. The molecular formula is C26H28ClFN6O2. The summed E-state index contributed by atoms with van der Waals surface area (Å²) >= 11 is 6.98. The van der Waals surface area contributed by atoms with Crippen molar-refractivity contribution in [2.75, 3.05) is 20.2 Å². The summed E-state index contributed by atoms with van der Waals surface area (Å²) in [6.07, 6.45) is 3.48. The smallest absolute Gasteiger partial charge is 0.219 e. The van der Waals surface area contributed by atoms with Crippen molar-refractivity contribution >= 4 is 22.5 Å². The molecule has 1 N–H and O–H groups in total. The van der Waals surface area contributed by atoms with Crippen LogP contribution in [0, 0.1) is 6.92 Å². The van der Waals surface area contributed by atoms with Gasteiger partial charge in [0, 0.05) is 55.1 Å². The average molecular weight is 511 g/mol. The fourth-order valence-corrected chi connectivity index (χ4v) is 5.27. The summed E-state index contributed by atoms with van der Waals surface area (Å²) in [6, 6.07) is 9.11. The van der Waals surface area contributed by atoms with E-state index in [2.05, 4.69) is 20.2 Å². The van der Waals surface area contributed by atoms with Gasteiger partial charge in [0.1, 0.15) is 6.17 Å². The molecule has 3 aromatic heterocycles. The number of aliphatic hydroxyl groups is 1. The van der Waals surface area contributed by atoms with Crippen molar-refractivity contribution in [3.8, 4) is 5.88 Å². The summed E-state index contributed by atoms with van der Waals surface area (Å²) in [7, 11) is 3.30. The lowest BCUT2D eigenvalue weighted by molar-refractivity contribution is 0.115. The molecule has 8 nitrogen and oxygen atoms in total. The van der Waals surface area contributed by atoms with Crippen LogP contribution in [0.15, 0.2) is 42.7 Å². The second-order valence-corrected chi connectivity index (χ2v) is 9.56. The molecule has 1 aliphatic heterocycles. The van der Waals surface area contributed by atoms with Crippen molar-refractivity contribution in [1.82, 2.24) is 29.9 Å². The molecule has 4 aromatic rings. The van der Waals surface area contributed by atoms with Gasteiger partial charge in [-0.2, -0.15) is 0 Å². The highest BCUT2D eigenvalue weighted by atomic mass is 35.5. The number of hydrogen-bond donors (Lipinski definition) is 1. The number of pyridine rings is 2. The number of piperidine rings is 1. The molecule has 0 saturated carbocycles. The summed E-state index contributed by atoms with van der Waals surface area (Å²) in [5, 5.41) is 21.5. The van der Waals surface area contributed by atoms with E-state index in [1.165, 1.54) is 0 Å². The molecule has 1 aromatic carbocycles. The number of nitrogens with zero attached hydrogens (tertiary/aromatic N) is 6. The SMILES string of the molecule is COc1nc2ccc(C(O)(c3cccnc3C)c3cnnn3C)cc2c(Cl)c1CN1CCC(F)CC1. The van der Waals surface area contributed by atoms with Crippen LogP contribution in [0.25, 0.3) is 10.9 Å². The number of aryl methyl sites for hydroxylation is 2. The van der Waals surface area contributed by atoms with E-state index in [9.17, 15) is 9.50 Å². The first-order valence-corrected chi connectivity index (χ1v) is 12.2. The Balaban J connectivity index is 1.67. The van der Waals surface area contributed by atoms with Crippen molar-refractivity contribution in [1.29, 1.82) is 0 Å². The first kappa shape index (κ1) is 24.5.